The second-order valence-electron chi connectivity index (χ2n) is 7.70. The Morgan fingerprint density at radius 1 is 1.04 bits per heavy atom. The van der Waals surface area contributed by atoms with Crippen molar-refractivity contribution in [3.05, 3.63) is 40.4 Å². The number of halogens is 1. The van der Waals surface area contributed by atoms with Crippen molar-refractivity contribution >= 4 is 39.9 Å². The molecule has 2 aromatic carbocycles. The molecule has 2 N–H and O–H groups in total. The summed E-state index contributed by atoms with van der Waals surface area (Å²) in [5.74, 6) is -0.446. The molecule has 6 heteroatoms. The van der Waals surface area contributed by atoms with Gasteiger partial charge in [0.25, 0.3) is 11.8 Å². The molecule has 3 aliphatic heterocycles. The molecule has 5 rings (SSSR count). The van der Waals surface area contributed by atoms with Crippen molar-refractivity contribution < 1.29 is 9.59 Å². The minimum Gasteiger partial charge on any atom is -0.397 e. The smallest absolute Gasteiger partial charge is 0.261 e. The quantitative estimate of drug-likeness (QED) is 0.618. The Morgan fingerprint density at radius 2 is 1.69 bits per heavy atom. The number of rotatable bonds is 1. The molecule has 0 saturated carbocycles. The summed E-state index contributed by atoms with van der Waals surface area (Å²) in [6.07, 6.45) is 3.97. The summed E-state index contributed by atoms with van der Waals surface area (Å²) in [6, 6.07) is 7.87. The van der Waals surface area contributed by atoms with Crippen molar-refractivity contribution in [2.45, 2.75) is 43.8 Å². The van der Waals surface area contributed by atoms with Crippen LogP contribution in [0.2, 0.25) is 5.02 Å². The van der Waals surface area contributed by atoms with Crippen molar-refractivity contribution in [3.8, 4) is 0 Å². The van der Waals surface area contributed by atoms with Gasteiger partial charge in [0.1, 0.15) is 0 Å². The second-order valence-corrected chi connectivity index (χ2v) is 8.11. The lowest BCUT2D eigenvalue weighted by molar-refractivity contribution is 0.0397. The number of fused-ring (bicyclic) bond motifs is 2. The maximum Gasteiger partial charge on any atom is 0.261 e. The average Bonchev–Trinajstić information content (AvgIpc) is 2.83. The van der Waals surface area contributed by atoms with Crippen molar-refractivity contribution in [1.29, 1.82) is 0 Å². The number of imide groups is 1. The highest BCUT2D eigenvalue weighted by atomic mass is 35.5. The van der Waals surface area contributed by atoms with Crippen molar-refractivity contribution in [1.82, 2.24) is 9.80 Å². The first-order chi connectivity index (χ1) is 12.5. The predicted molar refractivity (Wildman–Crippen MR) is 101 cm³/mol. The number of benzene rings is 2. The number of anilines is 1. The standard InChI is InChI=1S/C20H20ClN3O2/c1-23-10-5-6-11(23)8-12(7-10)24-19(25)14-4-2-3-13-17(14)15(20(24)26)9-16(21)18(13)22/h2-4,9-12H,5-8,22H2,1H3/t10-,11?,12?/m0/s1. The molecule has 2 unspecified atom stereocenters. The van der Waals surface area contributed by atoms with Crippen LogP contribution in [0.3, 0.4) is 0 Å². The third-order valence-electron chi connectivity index (χ3n) is 6.49. The van der Waals surface area contributed by atoms with E-state index >= 15 is 0 Å². The van der Waals surface area contributed by atoms with E-state index in [2.05, 4.69) is 11.9 Å². The number of carbonyl (C=O) groups is 2. The monoisotopic (exact) mass is 369 g/mol. The lowest BCUT2D eigenvalue weighted by Crippen LogP contribution is -2.54. The maximum absolute atomic E-state index is 13.3. The third kappa shape index (κ3) is 2.01. The van der Waals surface area contributed by atoms with Crippen molar-refractivity contribution in [2.24, 2.45) is 0 Å². The molecule has 2 fully saturated rings. The Balaban J connectivity index is 1.64. The van der Waals surface area contributed by atoms with Gasteiger partial charge in [0, 0.05) is 34.5 Å². The van der Waals surface area contributed by atoms with Gasteiger partial charge in [0.2, 0.25) is 0 Å². The topological polar surface area (TPSA) is 66.6 Å². The van der Waals surface area contributed by atoms with Gasteiger partial charge in [-0.25, -0.2) is 0 Å². The summed E-state index contributed by atoms with van der Waals surface area (Å²) in [4.78, 5) is 30.4. The minimum absolute atomic E-state index is 0.0524. The van der Waals surface area contributed by atoms with E-state index in [1.807, 2.05) is 6.07 Å². The van der Waals surface area contributed by atoms with E-state index in [4.69, 9.17) is 17.3 Å². The number of carbonyl (C=O) groups excluding carboxylic acids is 2. The summed E-state index contributed by atoms with van der Waals surface area (Å²) < 4.78 is 0. The lowest BCUT2D eigenvalue weighted by Gasteiger charge is -2.42. The molecule has 0 radical (unpaired) electrons. The molecular weight excluding hydrogens is 350 g/mol. The molecule has 26 heavy (non-hydrogen) atoms. The summed E-state index contributed by atoms with van der Waals surface area (Å²) >= 11 is 6.27. The van der Waals surface area contributed by atoms with E-state index in [9.17, 15) is 9.59 Å². The fraction of sp³-hybridized carbons (Fsp3) is 0.400. The van der Waals surface area contributed by atoms with Crippen LogP contribution in [0.5, 0.6) is 0 Å². The Labute approximate surface area is 156 Å². The van der Waals surface area contributed by atoms with Crippen LogP contribution in [0.15, 0.2) is 24.3 Å². The van der Waals surface area contributed by atoms with Crippen LogP contribution >= 0.6 is 11.6 Å². The van der Waals surface area contributed by atoms with E-state index in [1.54, 1.807) is 18.2 Å². The van der Waals surface area contributed by atoms with Gasteiger partial charge in [-0.15, -0.1) is 0 Å². The maximum atomic E-state index is 13.3. The molecule has 3 atom stereocenters. The zero-order chi connectivity index (χ0) is 18.2. The summed E-state index contributed by atoms with van der Waals surface area (Å²) in [5, 5.41) is 1.67. The molecule has 2 aromatic rings. The number of nitrogens with two attached hydrogens (primary N) is 1. The van der Waals surface area contributed by atoms with Crippen LogP contribution in [-0.4, -0.2) is 46.8 Å². The normalized spacial score (nSPS) is 28.2. The zero-order valence-electron chi connectivity index (χ0n) is 14.5. The number of piperidine rings is 1. The first-order valence-corrected chi connectivity index (χ1v) is 9.45. The van der Waals surface area contributed by atoms with Crippen molar-refractivity contribution in [2.75, 3.05) is 12.8 Å². The number of nitrogen functional groups attached to an aromatic ring is 1. The Morgan fingerprint density at radius 3 is 2.38 bits per heavy atom. The van der Waals surface area contributed by atoms with Crippen LogP contribution in [0, 0.1) is 0 Å². The summed E-state index contributed by atoms with van der Waals surface area (Å²) in [6.45, 7) is 0. The van der Waals surface area contributed by atoms with Crippen LogP contribution in [0.25, 0.3) is 10.8 Å². The van der Waals surface area contributed by atoms with E-state index in [1.165, 1.54) is 4.90 Å². The highest BCUT2D eigenvalue weighted by Gasteiger charge is 2.45. The average molecular weight is 370 g/mol. The first-order valence-electron chi connectivity index (χ1n) is 9.08. The molecule has 0 aromatic heterocycles. The highest BCUT2D eigenvalue weighted by molar-refractivity contribution is 6.37. The van der Waals surface area contributed by atoms with Crippen molar-refractivity contribution in [3.63, 3.8) is 0 Å². The van der Waals surface area contributed by atoms with Crippen LogP contribution in [0.4, 0.5) is 5.69 Å². The predicted octanol–water partition coefficient (Wildman–Crippen LogP) is 3.30. The Kier molecular flexibility index (Phi) is 3.37. The number of amides is 2. The van der Waals surface area contributed by atoms with Gasteiger partial charge in [-0.05, 0) is 44.9 Å². The highest BCUT2D eigenvalue weighted by Crippen LogP contribution is 2.41. The number of hydrogen-bond donors (Lipinski definition) is 1. The fourth-order valence-corrected chi connectivity index (χ4v) is 5.31. The molecule has 2 bridgehead atoms. The molecule has 0 aliphatic carbocycles. The van der Waals surface area contributed by atoms with Gasteiger partial charge < -0.3 is 10.6 Å². The largest absolute Gasteiger partial charge is 0.397 e. The van der Waals surface area contributed by atoms with E-state index in [0.29, 0.717) is 44.7 Å². The molecule has 3 heterocycles. The molecule has 5 nitrogen and oxygen atoms in total. The van der Waals surface area contributed by atoms with Gasteiger partial charge in [-0.1, -0.05) is 23.7 Å². The van der Waals surface area contributed by atoms with Gasteiger partial charge in [-0.2, -0.15) is 0 Å². The molecule has 3 aliphatic rings. The molecule has 2 amide bonds. The van der Waals surface area contributed by atoms with Crippen LogP contribution < -0.4 is 5.73 Å². The lowest BCUT2D eigenvalue weighted by atomic mass is 9.89. The molecular formula is C20H20ClN3O2. The second kappa shape index (κ2) is 5.44. The zero-order valence-corrected chi connectivity index (χ0v) is 15.3. The van der Waals surface area contributed by atoms with E-state index in [-0.39, 0.29) is 17.9 Å². The number of hydrogen-bond acceptors (Lipinski definition) is 4. The minimum atomic E-state index is -0.241. The van der Waals surface area contributed by atoms with Crippen LogP contribution in [0.1, 0.15) is 46.4 Å². The van der Waals surface area contributed by atoms with Gasteiger partial charge in [0.15, 0.2) is 0 Å². The summed E-state index contributed by atoms with van der Waals surface area (Å²) in [5.41, 5.74) is 7.54. The molecule has 2 saturated heterocycles. The van der Waals surface area contributed by atoms with Gasteiger partial charge >= 0.3 is 0 Å². The van der Waals surface area contributed by atoms with Crippen LogP contribution in [-0.2, 0) is 0 Å². The molecule has 134 valence electrons. The van der Waals surface area contributed by atoms with Gasteiger partial charge in [-0.3, -0.25) is 14.5 Å². The van der Waals surface area contributed by atoms with E-state index in [0.717, 1.165) is 25.7 Å². The fourth-order valence-electron chi connectivity index (χ4n) is 5.10. The van der Waals surface area contributed by atoms with E-state index < -0.39 is 0 Å². The molecule has 0 spiro atoms. The third-order valence-corrected chi connectivity index (χ3v) is 6.80. The number of nitrogens with zero attached hydrogens (tertiary/aromatic N) is 2. The summed E-state index contributed by atoms with van der Waals surface area (Å²) in [7, 11) is 2.15. The first kappa shape index (κ1) is 16.1. The Bertz CT molecular complexity index is 959. The SMILES string of the molecule is CN1C2CC[C@H]1CC(N1C(=O)c3cccc4c(N)c(Cl)cc(c34)C1=O)C2. The van der Waals surface area contributed by atoms with Gasteiger partial charge in [0.05, 0.1) is 16.3 Å². The Hall–Kier alpha value is -2.11.